The van der Waals surface area contributed by atoms with Crippen molar-refractivity contribution in [2.45, 2.75) is 32.8 Å². The average Bonchev–Trinajstić information content (AvgIpc) is 2.26. The predicted octanol–water partition coefficient (Wildman–Crippen LogP) is 2.61. The van der Waals surface area contributed by atoms with Gasteiger partial charge in [0.2, 0.25) is 0 Å². The maximum absolute atomic E-state index is 13.5. The summed E-state index contributed by atoms with van der Waals surface area (Å²) in [5, 5.41) is 8.69. The van der Waals surface area contributed by atoms with Crippen molar-refractivity contribution in [2.75, 3.05) is 0 Å². The van der Waals surface area contributed by atoms with Crippen LogP contribution in [0.5, 0.6) is 0 Å². The largest absolute Gasteiger partial charge is 0.460 e. The van der Waals surface area contributed by atoms with E-state index in [1.54, 1.807) is 26.8 Å². The van der Waals surface area contributed by atoms with Crippen molar-refractivity contribution in [1.29, 1.82) is 5.26 Å². The SMILES string of the molecule is CC(C)(C)OC(=O)CC(=O)c1cc(C#N)ccc1F. The summed E-state index contributed by atoms with van der Waals surface area (Å²) in [6, 6.07) is 5.23. The van der Waals surface area contributed by atoms with Gasteiger partial charge in [-0.2, -0.15) is 5.26 Å². The quantitative estimate of drug-likeness (QED) is 0.477. The summed E-state index contributed by atoms with van der Waals surface area (Å²) in [6.07, 6.45) is -0.553. The lowest BCUT2D eigenvalue weighted by atomic mass is 10.0. The normalized spacial score (nSPS) is 10.7. The lowest BCUT2D eigenvalue weighted by molar-refractivity contribution is -0.153. The molecule has 0 bridgehead atoms. The van der Waals surface area contributed by atoms with Crippen LogP contribution in [0.1, 0.15) is 43.1 Å². The number of esters is 1. The zero-order chi connectivity index (χ0) is 14.6. The van der Waals surface area contributed by atoms with Gasteiger partial charge < -0.3 is 4.74 Å². The van der Waals surface area contributed by atoms with Gasteiger partial charge in [-0.05, 0) is 39.0 Å². The summed E-state index contributed by atoms with van der Waals surface area (Å²) < 4.78 is 18.4. The molecule has 5 heteroatoms. The number of nitrogens with zero attached hydrogens (tertiary/aromatic N) is 1. The number of Topliss-reactive ketones (excluding diaryl/α,β-unsaturated/α-hetero) is 1. The molecule has 0 amide bonds. The maximum Gasteiger partial charge on any atom is 0.314 e. The Kier molecular flexibility index (Phi) is 4.38. The smallest absolute Gasteiger partial charge is 0.314 e. The van der Waals surface area contributed by atoms with E-state index in [-0.39, 0.29) is 11.1 Å². The Morgan fingerprint density at radius 1 is 1.37 bits per heavy atom. The van der Waals surface area contributed by atoms with E-state index in [1.165, 1.54) is 6.07 Å². The molecular formula is C14H14FNO3. The molecule has 0 atom stereocenters. The Bertz CT molecular complexity index is 553. The van der Waals surface area contributed by atoms with E-state index in [0.29, 0.717) is 0 Å². The first-order chi connectivity index (χ1) is 8.73. The van der Waals surface area contributed by atoms with Gasteiger partial charge in [-0.1, -0.05) is 0 Å². The highest BCUT2D eigenvalue weighted by Gasteiger charge is 2.21. The summed E-state index contributed by atoms with van der Waals surface area (Å²) in [6.45, 7) is 5.02. The molecule has 0 aliphatic rings. The molecule has 0 aromatic heterocycles. The van der Waals surface area contributed by atoms with Crippen LogP contribution < -0.4 is 0 Å². The van der Waals surface area contributed by atoms with E-state index in [1.807, 2.05) is 0 Å². The Hall–Kier alpha value is -2.22. The Balaban J connectivity index is 2.85. The van der Waals surface area contributed by atoms with E-state index in [2.05, 4.69) is 0 Å². The van der Waals surface area contributed by atoms with Gasteiger partial charge in [0.1, 0.15) is 17.8 Å². The molecule has 0 N–H and O–H groups in total. The number of hydrogen-bond donors (Lipinski definition) is 0. The number of ether oxygens (including phenoxy) is 1. The van der Waals surface area contributed by atoms with Crippen LogP contribution in [0.2, 0.25) is 0 Å². The van der Waals surface area contributed by atoms with Gasteiger partial charge in [-0.15, -0.1) is 0 Å². The molecule has 1 rings (SSSR count). The number of rotatable bonds is 3. The summed E-state index contributed by atoms with van der Waals surface area (Å²) >= 11 is 0. The van der Waals surface area contributed by atoms with E-state index >= 15 is 0 Å². The van der Waals surface area contributed by atoms with Gasteiger partial charge in [0.25, 0.3) is 0 Å². The summed E-state index contributed by atoms with van der Waals surface area (Å²) in [4.78, 5) is 23.3. The molecule has 0 unspecified atom stereocenters. The molecule has 0 saturated carbocycles. The zero-order valence-electron chi connectivity index (χ0n) is 11.0. The predicted molar refractivity (Wildman–Crippen MR) is 65.9 cm³/mol. The molecule has 0 aliphatic heterocycles. The van der Waals surface area contributed by atoms with Crippen molar-refractivity contribution >= 4 is 11.8 Å². The van der Waals surface area contributed by atoms with Crippen LogP contribution in [0.15, 0.2) is 18.2 Å². The fourth-order valence-corrected chi connectivity index (χ4v) is 1.41. The number of hydrogen-bond acceptors (Lipinski definition) is 4. The number of halogens is 1. The molecule has 19 heavy (non-hydrogen) atoms. The van der Waals surface area contributed by atoms with Crippen LogP contribution in [-0.4, -0.2) is 17.4 Å². The lowest BCUT2D eigenvalue weighted by Crippen LogP contribution is -2.25. The molecule has 4 nitrogen and oxygen atoms in total. The third kappa shape index (κ3) is 4.51. The topological polar surface area (TPSA) is 67.2 Å². The second-order valence-electron chi connectivity index (χ2n) is 4.99. The first-order valence-corrected chi connectivity index (χ1v) is 5.67. The van der Waals surface area contributed by atoms with Crippen molar-refractivity contribution in [2.24, 2.45) is 0 Å². The van der Waals surface area contributed by atoms with E-state index in [0.717, 1.165) is 12.1 Å². The number of carbonyl (C=O) groups excluding carboxylic acids is 2. The second-order valence-corrected chi connectivity index (χ2v) is 4.99. The van der Waals surface area contributed by atoms with Crippen molar-refractivity contribution in [3.63, 3.8) is 0 Å². The van der Waals surface area contributed by atoms with Gasteiger partial charge in [0, 0.05) is 0 Å². The molecule has 0 heterocycles. The van der Waals surface area contributed by atoms with Crippen molar-refractivity contribution in [3.05, 3.63) is 35.1 Å². The molecule has 1 aromatic rings. The van der Waals surface area contributed by atoms with Crippen LogP contribution in [0.25, 0.3) is 0 Å². The number of ketones is 1. The minimum absolute atomic E-state index is 0.161. The monoisotopic (exact) mass is 263 g/mol. The van der Waals surface area contributed by atoms with Crippen molar-refractivity contribution < 1.29 is 18.7 Å². The van der Waals surface area contributed by atoms with Crippen LogP contribution in [0, 0.1) is 17.1 Å². The summed E-state index contributed by atoms with van der Waals surface area (Å²) in [7, 11) is 0. The number of benzene rings is 1. The molecule has 1 aromatic carbocycles. The summed E-state index contributed by atoms with van der Waals surface area (Å²) in [5.74, 6) is -2.18. The van der Waals surface area contributed by atoms with Crippen molar-refractivity contribution in [3.8, 4) is 6.07 Å². The molecule has 0 fully saturated rings. The third-order valence-electron chi connectivity index (χ3n) is 2.12. The van der Waals surface area contributed by atoms with Crippen molar-refractivity contribution in [1.82, 2.24) is 0 Å². The van der Waals surface area contributed by atoms with Gasteiger partial charge in [0.15, 0.2) is 5.78 Å². The minimum Gasteiger partial charge on any atom is -0.460 e. The van der Waals surface area contributed by atoms with E-state index in [9.17, 15) is 14.0 Å². The first kappa shape index (κ1) is 14.8. The lowest BCUT2D eigenvalue weighted by Gasteiger charge is -2.19. The Morgan fingerprint density at radius 3 is 2.53 bits per heavy atom. The first-order valence-electron chi connectivity index (χ1n) is 5.67. The Labute approximate surface area is 110 Å². The highest BCUT2D eigenvalue weighted by atomic mass is 19.1. The van der Waals surface area contributed by atoms with E-state index < -0.39 is 29.6 Å². The number of nitriles is 1. The van der Waals surface area contributed by atoms with Crippen LogP contribution in [-0.2, 0) is 9.53 Å². The highest BCUT2D eigenvalue weighted by molar-refractivity contribution is 6.06. The van der Waals surface area contributed by atoms with Crippen LogP contribution in [0.3, 0.4) is 0 Å². The summed E-state index contributed by atoms with van der Waals surface area (Å²) in [5.41, 5.74) is -0.816. The van der Waals surface area contributed by atoms with Gasteiger partial charge in [0.05, 0.1) is 17.2 Å². The average molecular weight is 263 g/mol. The molecule has 0 aliphatic carbocycles. The number of carbonyl (C=O) groups is 2. The van der Waals surface area contributed by atoms with E-state index in [4.69, 9.17) is 10.00 Å². The Morgan fingerprint density at radius 2 is 2.00 bits per heavy atom. The van der Waals surface area contributed by atoms with Crippen LogP contribution in [0.4, 0.5) is 4.39 Å². The molecule has 0 saturated heterocycles. The fraction of sp³-hybridized carbons (Fsp3) is 0.357. The molecular weight excluding hydrogens is 249 g/mol. The van der Waals surface area contributed by atoms with Gasteiger partial charge in [-0.3, -0.25) is 9.59 Å². The third-order valence-corrected chi connectivity index (χ3v) is 2.12. The molecule has 100 valence electrons. The maximum atomic E-state index is 13.5. The highest BCUT2D eigenvalue weighted by Crippen LogP contribution is 2.14. The van der Waals surface area contributed by atoms with Crippen LogP contribution >= 0.6 is 0 Å². The van der Waals surface area contributed by atoms with Gasteiger partial charge in [-0.25, -0.2) is 4.39 Å². The standard InChI is InChI=1S/C14H14FNO3/c1-14(2,3)19-13(18)7-12(17)10-6-9(8-16)4-5-11(10)15/h4-6H,7H2,1-3H3. The minimum atomic E-state index is -0.757. The molecule has 0 spiro atoms. The second kappa shape index (κ2) is 5.61. The zero-order valence-corrected chi connectivity index (χ0v) is 11.0. The fourth-order valence-electron chi connectivity index (χ4n) is 1.41. The van der Waals surface area contributed by atoms with Gasteiger partial charge >= 0.3 is 5.97 Å². The molecule has 0 radical (unpaired) electrons.